The van der Waals surface area contributed by atoms with Gasteiger partial charge in [0, 0.05) is 5.41 Å². The lowest BCUT2D eigenvalue weighted by atomic mass is 9.70. The molecule has 0 atom stereocenters. The van der Waals surface area contributed by atoms with Crippen molar-refractivity contribution in [2.75, 3.05) is 14.2 Å². The number of hydrogen-bond acceptors (Lipinski definition) is 2. The first-order valence-corrected chi connectivity index (χ1v) is 15.7. The van der Waals surface area contributed by atoms with Gasteiger partial charge in [0.05, 0.1) is 14.2 Å². The Kier molecular flexibility index (Phi) is 9.49. The highest BCUT2D eigenvalue weighted by molar-refractivity contribution is 5.86. The molecule has 4 aromatic carbocycles. The van der Waals surface area contributed by atoms with Gasteiger partial charge in [-0.1, -0.05) is 114 Å². The molecular weight excluding hydrogens is 500 g/mol. The molecule has 0 saturated heterocycles. The smallest absolute Gasteiger partial charge is 0.118 e. The van der Waals surface area contributed by atoms with Crippen LogP contribution in [0.3, 0.4) is 0 Å². The van der Waals surface area contributed by atoms with E-state index in [1.165, 1.54) is 109 Å². The summed E-state index contributed by atoms with van der Waals surface area (Å²) in [6.45, 7) is 4.62. The molecule has 41 heavy (non-hydrogen) atoms. The minimum absolute atomic E-state index is 0.0388. The van der Waals surface area contributed by atoms with Crippen molar-refractivity contribution < 1.29 is 9.47 Å². The van der Waals surface area contributed by atoms with E-state index in [2.05, 4.69) is 98.8 Å². The van der Waals surface area contributed by atoms with E-state index in [1.54, 1.807) is 14.2 Å². The van der Waals surface area contributed by atoms with Gasteiger partial charge >= 0.3 is 0 Å². The molecule has 0 aliphatic heterocycles. The predicted octanol–water partition coefficient (Wildman–Crippen LogP) is 11.2. The summed E-state index contributed by atoms with van der Waals surface area (Å²) in [5.41, 5.74) is 11.0. The third-order valence-corrected chi connectivity index (χ3v) is 9.12. The van der Waals surface area contributed by atoms with Crippen LogP contribution in [0.4, 0.5) is 0 Å². The average Bonchev–Trinajstić information content (AvgIpc) is 3.30. The molecule has 0 heterocycles. The fourth-order valence-electron chi connectivity index (χ4n) is 6.79. The van der Waals surface area contributed by atoms with E-state index in [1.807, 2.05) is 0 Å². The van der Waals surface area contributed by atoms with Crippen molar-refractivity contribution in [3.05, 3.63) is 96.1 Å². The van der Waals surface area contributed by atoms with Crippen LogP contribution < -0.4 is 9.47 Å². The molecule has 2 nitrogen and oxygen atoms in total. The normalized spacial score (nSPS) is 13.1. The van der Waals surface area contributed by atoms with E-state index < -0.39 is 0 Å². The van der Waals surface area contributed by atoms with Gasteiger partial charge in [0.1, 0.15) is 11.5 Å². The molecule has 0 spiro atoms. The maximum absolute atomic E-state index is 5.44. The summed E-state index contributed by atoms with van der Waals surface area (Å²) in [4.78, 5) is 0. The van der Waals surface area contributed by atoms with Crippen molar-refractivity contribution in [3.8, 4) is 44.9 Å². The first-order valence-electron chi connectivity index (χ1n) is 15.7. The summed E-state index contributed by atoms with van der Waals surface area (Å²) in [6, 6.07) is 31.5. The second-order valence-electron chi connectivity index (χ2n) is 11.7. The lowest BCUT2D eigenvalue weighted by Crippen LogP contribution is -2.25. The third kappa shape index (κ3) is 6.08. The summed E-state index contributed by atoms with van der Waals surface area (Å²) in [5.74, 6) is 1.80. The highest BCUT2D eigenvalue weighted by atomic mass is 16.5. The Hall–Kier alpha value is -3.52. The summed E-state index contributed by atoms with van der Waals surface area (Å²) < 4.78 is 10.9. The minimum atomic E-state index is 0.0388. The minimum Gasteiger partial charge on any atom is -0.497 e. The lowest BCUT2D eigenvalue weighted by molar-refractivity contribution is 0.401. The van der Waals surface area contributed by atoms with Crippen LogP contribution in [0.1, 0.15) is 89.2 Å². The predicted molar refractivity (Wildman–Crippen MR) is 174 cm³/mol. The van der Waals surface area contributed by atoms with Crippen LogP contribution in [0.5, 0.6) is 11.5 Å². The van der Waals surface area contributed by atoms with Crippen LogP contribution in [0.25, 0.3) is 33.4 Å². The molecule has 1 aliphatic carbocycles. The number of ether oxygens (including phenoxy) is 2. The van der Waals surface area contributed by atoms with Crippen LogP contribution in [0, 0.1) is 0 Å². The van der Waals surface area contributed by atoms with Gasteiger partial charge in [-0.15, -0.1) is 0 Å². The van der Waals surface area contributed by atoms with Gasteiger partial charge in [-0.25, -0.2) is 0 Å². The molecule has 0 N–H and O–H groups in total. The molecular formula is C39H46O2. The highest BCUT2D eigenvalue weighted by Crippen LogP contribution is 2.55. The molecule has 0 unspecified atom stereocenters. The summed E-state index contributed by atoms with van der Waals surface area (Å²) in [6.07, 6.45) is 12.7. The van der Waals surface area contributed by atoms with E-state index in [0.717, 1.165) is 11.5 Å². The van der Waals surface area contributed by atoms with Gasteiger partial charge in [-0.2, -0.15) is 0 Å². The van der Waals surface area contributed by atoms with Crippen molar-refractivity contribution in [2.24, 2.45) is 0 Å². The first-order chi connectivity index (χ1) is 20.1. The second-order valence-corrected chi connectivity index (χ2v) is 11.7. The summed E-state index contributed by atoms with van der Waals surface area (Å²) in [7, 11) is 3.46. The molecule has 5 rings (SSSR count). The molecule has 0 radical (unpaired) electrons. The average molecular weight is 547 g/mol. The van der Waals surface area contributed by atoms with E-state index in [0.29, 0.717) is 0 Å². The van der Waals surface area contributed by atoms with Gasteiger partial charge in [0.15, 0.2) is 0 Å². The zero-order valence-corrected chi connectivity index (χ0v) is 25.5. The Morgan fingerprint density at radius 3 is 1.22 bits per heavy atom. The van der Waals surface area contributed by atoms with E-state index in [4.69, 9.17) is 9.47 Å². The maximum atomic E-state index is 5.44. The van der Waals surface area contributed by atoms with Crippen LogP contribution in [0.15, 0.2) is 84.9 Å². The largest absolute Gasteiger partial charge is 0.497 e. The van der Waals surface area contributed by atoms with Crippen molar-refractivity contribution in [1.29, 1.82) is 0 Å². The molecule has 1 aliphatic rings. The van der Waals surface area contributed by atoms with Crippen LogP contribution in [0.2, 0.25) is 0 Å². The SMILES string of the molecule is CCCCCCC1(CCCCCC)c2cc(-c3ccc(OC)cc3)ccc2-c2ccc(-c3ccc(OC)cc3)cc21. The molecule has 0 bridgehead atoms. The first kappa shape index (κ1) is 29.0. The Bertz CT molecular complexity index is 1300. The fourth-order valence-corrected chi connectivity index (χ4v) is 6.79. The Morgan fingerprint density at radius 1 is 0.463 bits per heavy atom. The molecule has 214 valence electrons. The van der Waals surface area contributed by atoms with E-state index >= 15 is 0 Å². The zero-order valence-electron chi connectivity index (χ0n) is 25.5. The number of unbranched alkanes of at least 4 members (excludes halogenated alkanes) is 6. The number of fused-ring (bicyclic) bond motifs is 3. The molecule has 0 aromatic heterocycles. The van der Waals surface area contributed by atoms with Crippen LogP contribution in [-0.2, 0) is 5.41 Å². The molecule has 2 heteroatoms. The second kappa shape index (κ2) is 13.4. The number of benzene rings is 4. The van der Waals surface area contributed by atoms with Gasteiger partial charge in [0.25, 0.3) is 0 Å². The van der Waals surface area contributed by atoms with Gasteiger partial charge < -0.3 is 9.47 Å². The Labute approximate surface area is 247 Å². The van der Waals surface area contributed by atoms with Crippen LogP contribution in [-0.4, -0.2) is 14.2 Å². The fraction of sp³-hybridized carbons (Fsp3) is 0.385. The molecule has 0 saturated carbocycles. The Balaban J connectivity index is 1.63. The Morgan fingerprint density at radius 2 is 0.854 bits per heavy atom. The van der Waals surface area contributed by atoms with Crippen molar-refractivity contribution in [3.63, 3.8) is 0 Å². The summed E-state index contributed by atoms with van der Waals surface area (Å²) in [5, 5.41) is 0. The van der Waals surface area contributed by atoms with Crippen molar-refractivity contribution in [2.45, 2.75) is 83.5 Å². The standard InChI is InChI=1S/C39H46O2/c1-5-7-9-11-25-39(26-12-10-8-6-2)37-27-31(29-13-19-33(40-3)20-14-29)17-23-35(37)36-24-18-32(28-38(36)39)30-15-21-34(41-4)22-16-30/h13-24,27-28H,5-12,25-26H2,1-4H3. The molecule has 4 aromatic rings. The zero-order chi connectivity index (χ0) is 28.7. The number of rotatable bonds is 14. The van der Waals surface area contributed by atoms with Gasteiger partial charge in [-0.05, 0) is 93.7 Å². The van der Waals surface area contributed by atoms with Gasteiger partial charge in [0.2, 0.25) is 0 Å². The van der Waals surface area contributed by atoms with E-state index in [9.17, 15) is 0 Å². The quantitative estimate of drug-likeness (QED) is 0.146. The topological polar surface area (TPSA) is 18.5 Å². The third-order valence-electron chi connectivity index (χ3n) is 9.12. The highest BCUT2D eigenvalue weighted by Gasteiger charge is 2.42. The lowest BCUT2D eigenvalue weighted by Gasteiger charge is -2.33. The van der Waals surface area contributed by atoms with Crippen molar-refractivity contribution in [1.82, 2.24) is 0 Å². The number of methoxy groups -OCH3 is 2. The van der Waals surface area contributed by atoms with Crippen LogP contribution >= 0.6 is 0 Å². The van der Waals surface area contributed by atoms with E-state index in [-0.39, 0.29) is 5.41 Å². The molecule has 0 fully saturated rings. The molecule has 0 amide bonds. The summed E-state index contributed by atoms with van der Waals surface area (Å²) >= 11 is 0. The maximum Gasteiger partial charge on any atom is 0.118 e. The monoisotopic (exact) mass is 546 g/mol. The van der Waals surface area contributed by atoms with Gasteiger partial charge in [-0.3, -0.25) is 0 Å². The number of hydrogen-bond donors (Lipinski definition) is 0. The van der Waals surface area contributed by atoms with Crippen molar-refractivity contribution >= 4 is 0 Å².